The summed E-state index contributed by atoms with van der Waals surface area (Å²) in [7, 11) is 0. The molecule has 0 aliphatic carbocycles. The zero-order valence-corrected chi connectivity index (χ0v) is 14.1. The molecule has 4 N–H and O–H groups in total. The van der Waals surface area contributed by atoms with Crippen molar-refractivity contribution in [1.82, 2.24) is 9.97 Å². The number of carbonyl (C=O) groups is 1. The van der Waals surface area contributed by atoms with E-state index in [1.165, 1.54) is 0 Å². The fourth-order valence-corrected chi connectivity index (χ4v) is 2.23. The fourth-order valence-electron chi connectivity index (χ4n) is 2.23. The molecular weight excluding hydrogens is 330 g/mol. The summed E-state index contributed by atoms with van der Waals surface area (Å²) in [6, 6.07) is 17.2. The van der Waals surface area contributed by atoms with Crippen LogP contribution in [-0.2, 0) is 0 Å². The Morgan fingerprint density at radius 2 is 1.73 bits per heavy atom. The summed E-state index contributed by atoms with van der Waals surface area (Å²) in [6.45, 7) is 1.78. The number of ether oxygens (including phenoxy) is 1. The second-order valence-electron chi connectivity index (χ2n) is 5.53. The number of carbonyl (C=O) groups excluding carboxylic acids is 1. The maximum absolute atomic E-state index is 12.2. The summed E-state index contributed by atoms with van der Waals surface area (Å²) in [5, 5.41) is 10.1. The molecule has 0 fully saturated rings. The first kappa shape index (κ1) is 17.1. The predicted octanol–water partition coefficient (Wildman–Crippen LogP) is 3.11. The van der Waals surface area contributed by atoms with E-state index in [0.29, 0.717) is 28.5 Å². The van der Waals surface area contributed by atoms with E-state index < -0.39 is 0 Å². The molecule has 1 heterocycles. The van der Waals surface area contributed by atoms with Gasteiger partial charge in [-0.15, -0.1) is 0 Å². The molecule has 0 bridgehead atoms. The molecule has 130 valence electrons. The van der Waals surface area contributed by atoms with Crippen LogP contribution in [0.2, 0.25) is 0 Å². The standard InChI is InChI=1S/C19H17N5O2/c1-12-11-16(26-15-9-7-13(8-10-15)17(20)21)23-19(22-12)24-18(25)14-5-3-2-4-6-14/h2-11H,1H3,(H3,20,21)(H,22,23,24,25). The lowest BCUT2D eigenvalue weighted by molar-refractivity contribution is 0.102. The first-order valence-electron chi connectivity index (χ1n) is 7.85. The van der Waals surface area contributed by atoms with Crippen LogP contribution in [0.15, 0.2) is 60.7 Å². The van der Waals surface area contributed by atoms with E-state index in [4.69, 9.17) is 15.9 Å². The molecule has 0 radical (unpaired) electrons. The molecule has 0 saturated heterocycles. The Morgan fingerprint density at radius 3 is 2.38 bits per heavy atom. The number of amides is 1. The summed E-state index contributed by atoms with van der Waals surface area (Å²) < 4.78 is 5.71. The second kappa shape index (κ2) is 7.43. The number of nitrogen functional groups attached to an aromatic ring is 1. The summed E-state index contributed by atoms with van der Waals surface area (Å²) in [5.74, 6) is 0.687. The zero-order chi connectivity index (χ0) is 18.5. The van der Waals surface area contributed by atoms with Crippen molar-refractivity contribution < 1.29 is 9.53 Å². The third kappa shape index (κ3) is 4.21. The van der Waals surface area contributed by atoms with Crippen molar-refractivity contribution >= 4 is 17.7 Å². The zero-order valence-electron chi connectivity index (χ0n) is 14.1. The van der Waals surface area contributed by atoms with E-state index in [2.05, 4.69) is 15.3 Å². The van der Waals surface area contributed by atoms with Crippen LogP contribution in [0.1, 0.15) is 21.6 Å². The minimum atomic E-state index is -0.298. The molecule has 0 aliphatic heterocycles. The number of anilines is 1. The average Bonchev–Trinajstić information content (AvgIpc) is 2.62. The summed E-state index contributed by atoms with van der Waals surface area (Å²) in [5.41, 5.74) is 7.20. The number of nitrogens with one attached hydrogen (secondary N) is 2. The molecule has 0 spiro atoms. The number of benzene rings is 2. The van der Waals surface area contributed by atoms with Crippen LogP contribution in [-0.4, -0.2) is 21.7 Å². The Bertz CT molecular complexity index is 940. The molecule has 2 aromatic carbocycles. The van der Waals surface area contributed by atoms with Crippen molar-refractivity contribution in [3.63, 3.8) is 0 Å². The van der Waals surface area contributed by atoms with Crippen LogP contribution in [0, 0.1) is 12.3 Å². The Morgan fingerprint density at radius 1 is 1.04 bits per heavy atom. The molecule has 7 heteroatoms. The Hall–Kier alpha value is -3.74. The molecule has 26 heavy (non-hydrogen) atoms. The molecule has 7 nitrogen and oxygen atoms in total. The van der Waals surface area contributed by atoms with Gasteiger partial charge in [0.15, 0.2) is 0 Å². The molecule has 3 rings (SSSR count). The van der Waals surface area contributed by atoms with Crippen LogP contribution in [0.4, 0.5) is 5.95 Å². The third-order valence-electron chi connectivity index (χ3n) is 3.48. The van der Waals surface area contributed by atoms with Crippen LogP contribution >= 0.6 is 0 Å². The molecular formula is C19H17N5O2. The largest absolute Gasteiger partial charge is 0.439 e. The van der Waals surface area contributed by atoms with Gasteiger partial charge in [-0.25, -0.2) is 4.98 Å². The number of hydrogen-bond donors (Lipinski definition) is 3. The summed E-state index contributed by atoms with van der Waals surface area (Å²) >= 11 is 0. The number of hydrogen-bond acceptors (Lipinski definition) is 5. The number of nitrogens with two attached hydrogens (primary N) is 1. The van der Waals surface area contributed by atoms with E-state index in [-0.39, 0.29) is 17.7 Å². The van der Waals surface area contributed by atoms with Gasteiger partial charge < -0.3 is 10.5 Å². The van der Waals surface area contributed by atoms with Gasteiger partial charge in [0.05, 0.1) is 0 Å². The van der Waals surface area contributed by atoms with E-state index >= 15 is 0 Å². The molecule has 0 atom stereocenters. The summed E-state index contributed by atoms with van der Waals surface area (Å²) in [6.07, 6.45) is 0. The Labute approximate surface area is 150 Å². The Balaban J connectivity index is 1.77. The maximum atomic E-state index is 12.2. The van der Waals surface area contributed by atoms with Gasteiger partial charge in [0.2, 0.25) is 11.8 Å². The van der Waals surface area contributed by atoms with Crippen LogP contribution < -0.4 is 15.8 Å². The van der Waals surface area contributed by atoms with Gasteiger partial charge in [-0.05, 0) is 43.3 Å². The highest BCUT2D eigenvalue weighted by Crippen LogP contribution is 2.21. The van der Waals surface area contributed by atoms with Gasteiger partial charge in [0, 0.05) is 22.9 Å². The van der Waals surface area contributed by atoms with Gasteiger partial charge in [-0.1, -0.05) is 18.2 Å². The van der Waals surface area contributed by atoms with E-state index in [9.17, 15) is 4.79 Å². The number of aryl methyl sites for hydroxylation is 1. The Kier molecular flexibility index (Phi) is 4.89. The topological polar surface area (TPSA) is 114 Å². The second-order valence-corrected chi connectivity index (χ2v) is 5.53. The van der Waals surface area contributed by atoms with Gasteiger partial charge in [0.1, 0.15) is 11.6 Å². The average molecular weight is 347 g/mol. The highest BCUT2D eigenvalue weighted by Gasteiger charge is 2.10. The minimum absolute atomic E-state index is 0.0136. The monoisotopic (exact) mass is 347 g/mol. The van der Waals surface area contributed by atoms with Gasteiger partial charge in [-0.3, -0.25) is 15.5 Å². The van der Waals surface area contributed by atoms with Crippen molar-refractivity contribution in [3.05, 3.63) is 77.5 Å². The van der Waals surface area contributed by atoms with Crippen LogP contribution in [0.25, 0.3) is 0 Å². The van der Waals surface area contributed by atoms with Crippen LogP contribution in [0.3, 0.4) is 0 Å². The summed E-state index contributed by atoms with van der Waals surface area (Å²) in [4.78, 5) is 20.7. The minimum Gasteiger partial charge on any atom is -0.439 e. The smallest absolute Gasteiger partial charge is 0.258 e. The van der Waals surface area contributed by atoms with E-state index in [0.717, 1.165) is 0 Å². The van der Waals surface area contributed by atoms with Crippen LogP contribution in [0.5, 0.6) is 11.6 Å². The molecule has 1 amide bonds. The number of rotatable bonds is 5. The lowest BCUT2D eigenvalue weighted by atomic mass is 10.2. The first-order chi connectivity index (χ1) is 12.5. The van der Waals surface area contributed by atoms with Gasteiger partial charge in [0.25, 0.3) is 5.91 Å². The normalized spacial score (nSPS) is 10.2. The van der Waals surface area contributed by atoms with E-state index in [1.807, 2.05) is 6.07 Å². The first-order valence-corrected chi connectivity index (χ1v) is 7.85. The van der Waals surface area contributed by atoms with Crippen molar-refractivity contribution in [2.24, 2.45) is 5.73 Å². The van der Waals surface area contributed by atoms with Crippen molar-refractivity contribution in [2.75, 3.05) is 5.32 Å². The van der Waals surface area contributed by atoms with Crippen molar-refractivity contribution in [2.45, 2.75) is 6.92 Å². The number of amidine groups is 1. The molecule has 0 unspecified atom stereocenters. The molecule has 0 saturated carbocycles. The van der Waals surface area contributed by atoms with E-state index in [1.54, 1.807) is 61.5 Å². The van der Waals surface area contributed by atoms with Gasteiger partial charge >= 0.3 is 0 Å². The highest BCUT2D eigenvalue weighted by atomic mass is 16.5. The van der Waals surface area contributed by atoms with Gasteiger partial charge in [-0.2, -0.15) is 4.98 Å². The molecule has 3 aromatic rings. The SMILES string of the molecule is Cc1cc(Oc2ccc(C(=N)N)cc2)nc(NC(=O)c2ccccc2)n1. The lowest BCUT2D eigenvalue weighted by Crippen LogP contribution is -2.14. The lowest BCUT2D eigenvalue weighted by Gasteiger charge is -2.09. The fraction of sp³-hybridized carbons (Fsp3) is 0.0526. The molecule has 1 aromatic heterocycles. The third-order valence-corrected chi connectivity index (χ3v) is 3.48. The highest BCUT2D eigenvalue weighted by molar-refractivity contribution is 6.03. The van der Waals surface area contributed by atoms with Crippen molar-refractivity contribution in [3.8, 4) is 11.6 Å². The quantitative estimate of drug-likeness (QED) is 0.485. The predicted molar refractivity (Wildman–Crippen MR) is 98.7 cm³/mol. The van der Waals surface area contributed by atoms with Crippen molar-refractivity contribution in [1.29, 1.82) is 5.41 Å². The maximum Gasteiger partial charge on any atom is 0.258 e. The number of aromatic nitrogens is 2. The molecule has 0 aliphatic rings. The number of nitrogens with zero attached hydrogens (tertiary/aromatic N) is 2.